The Labute approximate surface area is 105 Å². The van der Waals surface area contributed by atoms with Crippen molar-refractivity contribution in [3.8, 4) is 11.8 Å². The maximum atomic E-state index is 10.6. The van der Waals surface area contributed by atoms with Crippen molar-refractivity contribution in [1.82, 2.24) is 5.32 Å². The molecule has 0 aliphatic carbocycles. The Balaban J connectivity index is 2.62. The lowest BCUT2D eigenvalue weighted by molar-refractivity contribution is -0.118. The number of hydrogen-bond acceptors (Lipinski definition) is 2. The van der Waals surface area contributed by atoms with E-state index in [2.05, 4.69) is 17.2 Å². The van der Waals surface area contributed by atoms with Gasteiger partial charge >= 0.3 is 0 Å². The number of carbonyl (C=O) groups is 2. The van der Waals surface area contributed by atoms with Gasteiger partial charge in [-0.05, 0) is 18.2 Å². The quantitative estimate of drug-likeness (QED) is 0.506. The molecule has 0 fully saturated rings. The average Bonchev–Trinajstić information content (AvgIpc) is 2.27. The molecular weight excluding hydrogens is 238 g/mol. The third kappa shape index (κ3) is 5.19. The molecule has 0 heterocycles. The van der Waals surface area contributed by atoms with Crippen LogP contribution in [0.1, 0.15) is 29.3 Å². The molecule has 0 spiro atoms. The van der Waals surface area contributed by atoms with E-state index in [1.54, 1.807) is 18.2 Å². The highest BCUT2D eigenvalue weighted by atomic mass is 35.5. The van der Waals surface area contributed by atoms with Gasteiger partial charge < -0.3 is 5.32 Å². The molecule has 0 bridgehead atoms. The van der Waals surface area contributed by atoms with E-state index in [1.807, 2.05) is 0 Å². The van der Waals surface area contributed by atoms with Crippen LogP contribution < -0.4 is 5.32 Å². The summed E-state index contributed by atoms with van der Waals surface area (Å²) < 4.78 is 0. The van der Waals surface area contributed by atoms with Crippen LogP contribution in [0.5, 0.6) is 0 Å². The number of carbonyl (C=O) groups excluding carboxylic acids is 2. The molecule has 0 atom stereocenters. The standard InChI is InChI=1S/C13H12ClNO2/c1-10(17)15-5-3-2-4-11-6-12(9-16)8-13(14)7-11/h6-9H,3,5H2,1H3,(H,15,17). The summed E-state index contributed by atoms with van der Waals surface area (Å²) in [6, 6.07) is 4.95. The molecule has 0 unspecified atom stereocenters. The van der Waals surface area contributed by atoms with Gasteiger partial charge in [-0.3, -0.25) is 9.59 Å². The molecule has 88 valence electrons. The van der Waals surface area contributed by atoms with E-state index in [9.17, 15) is 9.59 Å². The monoisotopic (exact) mass is 249 g/mol. The van der Waals surface area contributed by atoms with Crippen molar-refractivity contribution in [3.63, 3.8) is 0 Å². The van der Waals surface area contributed by atoms with Crippen LogP contribution >= 0.6 is 11.6 Å². The number of rotatable bonds is 3. The number of amides is 1. The lowest BCUT2D eigenvalue weighted by Crippen LogP contribution is -2.20. The fourth-order valence-electron chi connectivity index (χ4n) is 1.22. The van der Waals surface area contributed by atoms with Crippen LogP contribution in [0.2, 0.25) is 5.02 Å². The van der Waals surface area contributed by atoms with E-state index < -0.39 is 0 Å². The lowest BCUT2D eigenvalue weighted by Gasteiger charge is -1.96. The van der Waals surface area contributed by atoms with Gasteiger partial charge in [0.15, 0.2) is 0 Å². The van der Waals surface area contributed by atoms with Crippen LogP contribution in [0.25, 0.3) is 0 Å². The summed E-state index contributed by atoms with van der Waals surface area (Å²) >= 11 is 5.83. The van der Waals surface area contributed by atoms with E-state index in [0.29, 0.717) is 29.1 Å². The molecule has 0 saturated carbocycles. The van der Waals surface area contributed by atoms with Crippen molar-refractivity contribution >= 4 is 23.8 Å². The van der Waals surface area contributed by atoms with Crippen LogP contribution in [0.3, 0.4) is 0 Å². The van der Waals surface area contributed by atoms with Crippen molar-refractivity contribution in [2.75, 3.05) is 6.54 Å². The van der Waals surface area contributed by atoms with Crippen molar-refractivity contribution in [1.29, 1.82) is 0 Å². The van der Waals surface area contributed by atoms with Crippen LogP contribution in [-0.2, 0) is 4.79 Å². The minimum atomic E-state index is -0.0715. The molecule has 3 nitrogen and oxygen atoms in total. The summed E-state index contributed by atoms with van der Waals surface area (Å²) in [6.45, 7) is 1.98. The normalized spacial score (nSPS) is 9.06. The van der Waals surface area contributed by atoms with Crippen LogP contribution in [0.15, 0.2) is 18.2 Å². The Morgan fingerprint density at radius 2 is 2.24 bits per heavy atom. The molecule has 1 amide bonds. The first-order valence-electron chi connectivity index (χ1n) is 5.11. The maximum absolute atomic E-state index is 10.6. The third-order valence-corrected chi connectivity index (χ3v) is 2.13. The zero-order chi connectivity index (χ0) is 12.7. The topological polar surface area (TPSA) is 46.2 Å². The predicted molar refractivity (Wildman–Crippen MR) is 67.0 cm³/mol. The van der Waals surface area contributed by atoms with E-state index in [1.165, 1.54) is 6.92 Å². The first kappa shape index (κ1) is 13.3. The third-order valence-electron chi connectivity index (χ3n) is 1.91. The van der Waals surface area contributed by atoms with Gasteiger partial charge in [0.05, 0.1) is 0 Å². The minimum absolute atomic E-state index is 0.0715. The van der Waals surface area contributed by atoms with Crippen LogP contribution in [-0.4, -0.2) is 18.7 Å². The molecule has 0 saturated heterocycles. The number of aldehydes is 1. The molecule has 0 aliphatic rings. The molecule has 0 aromatic heterocycles. The largest absolute Gasteiger partial charge is 0.355 e. The van der Waals surface area contributed by atoms with Gasteiger partial charge in [0, 0.05) is 36.0 Å². The molecule has 1 rings (SSSR count). The Kier molecular flexibility index (Phi) is 5.25. The van der Waals surface area contributed by atoms with Gasteiger partial charge in [-0.2, -0.15) is 0 Å². The Morgan fingerprint density at radius 1 is 1.47 bits per heavy atom. The zero-order valence-corrected chi connectivity index (χ0v) is 10.2. The molecule has 4 heteroatoms. The van der Waals surface area contributed by atoms with Crippen molar-refractivity contribution in [2.24, 2.45) is 0 Å². The SMILES string of the molecule is CC(=O)NCCC#Cc1cc(Cl)cc(C=O)c1. The second-order valence-electron chi connectivity index (χ2n) is 3.43. The lowest BCUT2D eigenvalue weighted by atomic mass is 10.1. The molecule has 17 heavy (non-hydrogen) atoms. The highest BCUT2D eigenvalue weighted by molar-refractivity contribution is 6.31. The number of halogens is 1. The van der Waals surface area contributed by atoms with Gasteiger partial charge in [0.25, 0.3) is 0 Å². The average molecular weight is 250 g/mol. The van der Waals surface area contributed by atoms with Crippen LogP contribution in [0.4, 0.5) is 0 Å². The van der Waals surface area contributed by atoms with Gasteiger partial charge in [-0.25, -0.2) is 0 Å². The van der Waals surface area contributed by atoms with Crippen molar-refractivity contribution in [3.05, 3.63) is 34.3 Å². The second-order valence-corrected chi connectivity index (χ2v) is 3.86. The highest BCUT2D eigenvalue weighted by Crippen LogP contribution is 2.13. The second kappa shape index (κ2) is 6.72. The Hall–Kier alpha value is -1.79. The molecule has 1 aromatic carbocycles. The first-order chi connectivity index (χ1) is 8.11. The maximum Gasteiger partial charge on any atom is 0.216 e. The summed E-state index contributed by atoms with van der Waals surface area (Å²) in [7, 11) is 0. The predicted octanol–water partition coefficient (Wildman–Crippen LogP) is 2.03. The molecule has 0 radical (unpaired) electrons. The molecule has 1 N–H and O–H groups in total. The Bertz CT molecular complexity index is 486. The van der Waals surface area contributed by atoms with Crippen LogP contribution in [0, 0.1) is 11.8 Å². The summed E-state index contributed by atoms with van der Waals surface area (Å²) in [5, 5.41) is 3.13. The number of benzene rings is 1. The molecule has 1 aromatic rings. The smallest absolute Gasteiger partial charge is 0.216 e. The van der Waals surface area contributed by atoms with Crippen molar-refractivity contribution in [2.45, 2.75) is 13.3 Å². The van der Waals surface area contributed by atoms with Gasteiger partial charge in [-0.1, -0.05) is 23.4 Å². The zero-order valence-electron chi connectivity index (χ0n) is 9.42. The number of hydrogen-bond donors (Lipinski definition) is 1. The molecule has 0 aliphatic heterocycles. The van der Waals surface area contributed by atoms with E-state index in [0.717, 1.165) is 6.29 Å². The fourth-order valence-corrected chi connectivity index (χ4v) is 1.46. The highest BCUT2D eigenvalue weighted by Gasteiger charge is 1.96. The van der Waals surface area contributed by atoms with E-state index in [4.69, 9.17) is 11.6 Å². The number of nitrogens with one attached hydrogen (secondary N) is 1. The molecular formula is C13H12ClNO2. The summed E-state index contributed by atoms with van der Waals surface area (Å²) in [4.78, 5) is 21.2. The Morgan fingerprint density at radius 3 is 2.88 bits per heavy atom. The van der Waals surface area contributed by atoms with Crippen molar-refractivity contribution < 1.29 is 9.59 Å². The summed E-state index contributed by atoms with van der Waals surface area (Å²) in [6.07, 6.45) is 1.29. The summed E-state index contributed by atoms with van der Waals surface area (Å²) in [5.41, 5.74) is 1.20. The first-order valence-corrected chi connectivity index (χ1v) is 5.48. The minimum Gasteiger partial charge on any atom is -0.355 e. The van der Waals surface area contributed by atoms with Gasteiger partial charge in [0.1, 0.15) is 6.29 Å². The van der Waals surface area contributed by atoms with Gasteiger partial charge in [0.2, 0.25) is 5.91 Å². The van der Waals surface area contributed by atoms with E-state index in [-0.39, 0.29) is 5.91 Å². The van der Waals surface area contributed by atoms with E-state index >= 15 is 0 Å². The fraction of sp³-hybridized carbons (Fsp3) is 0.231. The van der Waals surface area contributed by atoms with Gasteiger partial charge in [-0.15, -0.1) is 0 Å². The summed E-state index contributed by atoms with van der Waals surface area (Å²) in [5.74, 6) is 5.71.